The Morgan fingerprint density at radius 3 is 2.69 bits per heavy atom. The number of ether oxygens (including phenoxy) is 1. The van der Waals surface area contributed by atoms with E-state index in [1.54, 1.807) is 12.1 Å². The van der Waals surface area contributed by atoms with Crippen molar-refractivity contribution in [1.29, 1.82) is 0 Å². The summed E-state index contributed by atoms with van der Waals surface area (Å²) in [5, 5.41) is 0. The van der Waals surface area contributed by atoms with E-state index in [9.17, 15) is 4.39 Å². The standard InChI is InChI=1S/C13H18FNO/c14-12-4-2-1-3-11(12)13(15)9-10-5-7-16-8-6-10/h1-4,10,13H,5-9,15H2/t13-/m0/s1. The first-order valence-corrected chi connectivity index (χ1v) is 5.85. The normalized spacial score (nSPS) is 19.6. The SMILES string of the molecule is N[C@@H](CC1CCOCC1)c1ccccc1F. The molecular formula is C13H18FNO. The Morgan fingerprint density at radius 2 is 2.00 bits per heavy atom. The van der Waals surface area contributed by atoms with Crippen molar-refractivity contribution < 1.29 is 9.13 Å². The number of hydrogen-bond acceptors (Lipinski definition) is 2. The summed E-state index contributed by atoms with van der Waals surface area (Å²) in [5.41, 5.74) is 6.68. The molecule has 0 radical (unpaired) electrons. The van der Waals surface area contributed by atoms with E-state index in [1.807, 2.05) is 6.07 Å². The summed E-state index contributed by atoms with van der Waals surface area (Å²) in [6.07, 6.45) is 2.94. The second-order valence-electron chi connectivity index (χ2n) is 4.42. The fraction of sp³-hybridized carbons (Fsp3) is 0.538. The van der Waals surface area contributed by atoms with Gasteiger partial charge in [-0.05, 0) is 31.2 Å². The zero-order valence-electron chi connectivity index (χ0n) is 9.36. The molecule has 3 heteroatoms. The summed E-state index contributed by atoms with van der Waals surface area (Å²) in [5.74, 6) is 0.380. The molecule has 16 heavy (non-hydrogen) atoms. The van der Waals surface area contributed by atoms with Crippen molar-refractivity contribution in [3.05, 3.63) is 35.6 Å². The molecule has 1 heterocycles. The summed E-state index contributed by atoms with van der Waals surface area (Å²) < 4.78 is 18.8. The molecule has 1 fully saturated rings. The Morgan fingerprint density at radius 1 is 1.31 bits per heavy atom. The van der Waals surface area contributed by atoms with E-state index in [1.165, 1.54) is 6.07 Å². The zero-order valence-corrected chi connectivity index (χ0v) is 9.36. The van der Waals surface area contributed by atoms with Gasteiger partial charge < -0.3 is 10.5 Å². The smallest absolute Gasteiger partial charge is 0.127 e. The first-order chi connectivity index (χ1) is 7.77. The van der Waals surface area contributed by atoms with Crippen LogP contribution < -0.4 is 5.73 Å². The summed E-state index contributed by atoms with van der Waals surface area (Å²) in [6, 6.07) is 6.59. The van der Waals surface area contributed by atoms with Crippen LogP contribution in [-0.2, 0) is 4.74 Å². The van der Waals surface area contributed by atoms with Gasteiger partial charge in [-0.25, -0.2) is 4.39 Å². The predicted molar refractivity (Wildman–Crippen MR) is 61.5 cm³/mol. The molecule has 1 aliphatic heterocycles. The molecule has 1 atom stereocenters. The molecule has 1 aromatic carbocycles. The maximum absolute atomic E-state index is 13.5. The van der Waals surface area contributed by atoms with Crippen molar-refractivity contribution >= 4 is 0 Å². The van der Waals surface area contributed by atoms with Crippen LogP contribution >= 0.6 is 0 Å². The number of hydrogen-bond donors (Lipinski definition) is 1. The lowest BCUT2D eigenvalue weighted by Gasteiger charge is -2.25. The Balaban J connectivity index is 1.96. The molecule has 1 saturated heterocycles. The lowest BCUT2D eigenvalue weighted by molar-refractivity contribution is 0.0617. The molecule has 88 valence electrons. The van der Waals surface area contributed by atoms with Crippen LogP contribution in [0.2, 0.25) is 0 Å². The average molecular weight is 223 g/mol. The van der Waals surface area contributed by atoms with Gasteiger partial charge in [0.15, 0.2) is 0 Å². The van der Waals surface area contributed by atoms with Gasteiger partial charge in [-0.2, -0.15) is 0 Å². The summed E-state index contributed by atoms with van der Waals surface area (Å²) in [4.78, 5) is 0. The van der Waals surface area contributed by atoms with Crippen molar-refractivity contribution in [3.8, 4) is 0 Å². The van der Waals surface area contributed by atoms with Crippen LogP contribution in [0, 0.1) is 11.7 Å². The van der Waals surface area contributed by atoms with Crippen LogP contribution in [0.3, 0.4) is 0 Å². The van der Waals surface area contributed by atoms with Crippen LogP contribution in [0.1, 0.15) is 30.9 Å². The molecule has 0 aliphatic carbocycles. The van der Waals surface area contributed by atoms with Crippen LogP contribution in [0.4, 0.5) is 4.39 Å². The van der Waals surface area contributed by atoms with Crippen molar-refractivity contribution in [1.82, 2.24) is 0 Å². The van der Waals surface area contributed by atoms with Gasteiger partial charge in [0.05, 0.1) is 0 Å². The maximum Gasteiger partial charge on any atom is 0.127 e. The molecule has 2 rings (SSSR count). The van der Waals surface area contributed by atoms with E-state index in [-0.39, 0.29) is 11.9 Å². The third-order valence-electron chi connectivity index (χ3n) is 3.23. The highest BCUT2D eigenvalue weighted by molar-refractivity contribution is 5.20. The van der Waals surface area contributed by atoms with Gasteiger partial charge in [-0.1, -0.05) is 18.2 Å². The molecule has 0 aromatic heterocycles. The molecule has 1 aliphatic rings. The Labute approximate surface area is 95.6 Å². The van der Waals surface area contributed by atoms with E-state index in [0.29, 0.717) is 11.5 Å². The Bertz CT molecular complexity index is 336. The van der Waals surface area contributed by atoms with Crippen LogP contribution in [-0.4, -0.2) is 13.2 Å². The average Bonchev–Trinajstić information content (AvgIpc) is 2.31. The van der Waals surface area contributed by atoms with Crippen molar-refractivity contribution in [2.45, 2.75) is 25.3 Å². The fourth-order valence-corrected chi connectivity index (χ4v) is 2.24. The van der Waals surface area contributed by atoms with Crippen molar-refractivity contribution in [3.63, 3.8) is 0 Å². The maximum atomic E-state index is 13.5. The minimum Gasteiger partial charge on any atom is -0.381 e. The number of rotatable bonds is 3. The minimum atomic E-state index is -0.193. The lowest BCUT2D eigenvalue weighted by atomic mass is 9.90. The van der Waals surface area contributed by atoms with Crippen LogP contribution in [0.15, 0.2) is 24.3 Å². The van der Waals surface area contributed by atoms with E-state index < -0.39 is 0 Å². The first-order valence-electron chi connectivity index (χ1n) is 5.85. The number of halogens is 1. The van der Waals surface area contributed by atoms with E-state index >= 15 is 0 Å². The third kappa shape index (κ3) is 2.80. The molecule has 0 bridgehead atoms. The third-order valence-corrected chi connectivity index (χ3v) is 3.23. The second kappa shape index (κ2) is 5.41. The molecule has 1 aromatic rings. The summed E-state index contributed by atoms with van der Waals surface area (Å²) in [7, 11) is 0. The second-order valence-corrected chi connectivity index (χ2v) is 4.42. The van der Waals surface area contributed by atoms with E-state index in [4.69, 9.17) is 10.5 Å². The highest BCUT2D eigenvalue weighted by Crippen LogP contribution is 2.27. The molecule has 0 amide bonds. The molecule has 2 nitrogen and oxygen atoms in total. The van der Waals surface area contributed by atoms with Crippen molar-refractivity contribution in [2.75, 3.05) is 13.2 Å². The quantitative estimate of drug-likeness (QED) is 0.855. The summed E-state index contributed by atoms with van der Waals surface area (Å²) >= 11 is 0. The van der Waals surface area contributed by atoms with E-state index in [0.717, 1.165) is 32.5 Å². The van der Waals surface area contributed by atoms with Crippen LogP contribution in [0.5, 0.6) is 0 Å². The van der Waals surface area contributed by atoms with Gasteiger partial charge >= 0.3 is 0 Å². The fourth-order valence-electron chi connectivity index (χ4n) is 2.24. The number of benzene rings is 1. The van der Waals surface area contributed by atoms with Crippen LogP contribution in [0.25, 0.3) is 0 Å². The lowest BCUT2D eigenvalue weighted by Crippen LogP contribution is -2.22. The molecule has 2 N–H and O–H groups in total. The van der Waals surface area contributed by atoms with Crippen molar-refractivity contribution in [2.24, 2.45) is 11.7 Å². The van der Waals surface area contributed by atoms with E-state index in [2.05, 4.69) is 0 Å². The number of nitrogens with two attached hydrogens (primary N) is 1. The summed E-state index contributed by atoms with van der Waals surface area (Å²) in [6.45, 7) is 1.63. The molecular weight excluding hydrogens is 205 g/mol. The largest absolute Gasteiger partial charge is 0.381 e. The van der Waals surface area contributed by atoms with Gasteiger partial charge in [-0.15, -0.1) is 0 Å². The highest BCUT2D eigenvalue weighted by atomic mass is 19.1. The Hall–Kier alpha value is -0.930. The monoisotopic (exact) mass is 223 g/mol. The minimum absolute atomic E-state index is 0.190. The molecule has 0 saturated carbocycles. The topological polar surface area (TPSA) is 35.2 Å². The first kappa shape index (κ1) is 11.6. The highest BCUT2D eigenvalue weighted by Gasteiger charge is 2.19. The molecule has 0 unspecified atom stereocenters. The van der Waals surface area contributed by atoms with Gasteiger partial charge in [0, 0.05) is 24.8 Å². The molecule has 0 spiro atoms. The predicted octanol–water partition coefficient (Wildman–Crippen LogP) is 2.64. The Kier molecular flexibility index (Phi) is 3.91. The van der Waals surface area contributed by atoms with Gasteiger partial charge in [0.2, 0.25) is 0 Å². The van der Waals surface area contributed by atoms with Gasteiger partial charge in [0.25, 0.3) is 0 Å². The zero-order chi connectivity index (χ0) is 11.4. The van der Waals surface area contributed by atoms with Gasteiger partial charge in [-0.3, -0.25) is 0 Å². The van der Waals surface area contributed by atoms with Gasteiger partial charge in [0.1, 0.15) is 5.82 Å².